The van der Waals surface area contributed by atoms with E-state index in [1.54, 1.807) is 0 Å². The van der Waals surface area contributed by atoms with Crippen LogP contribution in [0.25, 0.3) is 0 Å². The molecule has 3 nitrogen and oxygen atoms in total. The molecule has 0 fully saturated rings. The van der Waals surface area contributed by atoms with Crippen molar-refractivity contribution in [3.05, 3.63) is 0 Å². The van der Waals surface area contributed by atoms with E-state index in [0.717, 1.165) is 25.7 Å². The molecule has 0 saturated carbocycles. The third-order valence-electron chi connectivity index (χ3n) is 3.49. The minimum absolute atomic E-state index is 0.0484. The number of hydrogen-bond acceptors (Lipinski definition) is 2. The smallest absolute Gasteiger partial charge is 0.481 e. The minimum atomic E-state index is -0.673. The molecule has 0 saturated heterocycles. The van der Waals surface area contributed by atoms with Crippen LogP contribution in [0, 0.1) is 5.63 Å². The van der Waals surface area contributed by atoms with Crippen LogP contribution < -0.4 is 0 Å². The number of aliphatic carboxylic acids is 1. The van der Waals surface area contributed by atoms with Gasteiger partial charge in [0, 0.05) is 6.42 Å². The van der Waals surface area contributed by atoms with E-state index in [1.807, 2.05) is 0 Å². The molecule has 0 spiro atoms. The Hall–Kier alpha value is -0.520. The SMILES string of the molecule is O=P#CCCCCCCCCCCCCCCC(=O)O. The van der Waals surface area contributed by atoms with Crippen LogP contribution >= 0.6 is 7.92 Å². The summed E-state index contributed by atoms with van der Waals surface area (Å²) in [5, 5.41) is 8.50. The van der Waals surface area contributed by atoms with Crippen molar-refractivity contribution >= 4 is 13.9 Å². The third kappa shape index (κ3) is 17.5. The van der Waals surface area contributed by atoms with Gasteiger partial charge >= 0.3 is 94.7 Å². The first kappa shape index (κ1) is 19.5. The van der Waals surface area contributed by atoms with Gasteiger partial charge in [0.25, 0.3) is 0 Å². The standard InChI is InChI=1S/C16H29O3P/c17-16(18)14-12-10-8-6-4-2-1-3-5-7-9-11-13-15-20-19/h1-14H2,(H,17,18). The van der Waals surface area contributed by atoms with Gasteiger partial charge in [0.2, 0.25) is 0 Å². The maximum absolute atomic E-state index is 10.3. The molecule has 0 unspecified atom stereocenters. The molecule has 0 aliphatic heterocycles. The minimum Gasteiger partial charge on any atom is -0.481 e. The van der Waals surface area contributed by atoms with Crippen molar-refractivity contribution in [1.82, 2.24) is 0 Å². The normalized spacial score (nSPS) is 10.2. The van der Waals surface area contributed by atoms with E-state index >= 15 is 0 Å². The van der Waals surface area contributed by atoms with Crippen molar-refractivity contribution in [1.29, 1.82) is 0 Å². The Morgan fingerprint density at radius 2 is 1.15 bits per heavy atom. The molecule has 4 heteroatoms. The van der Waals surface area contributed by atoms with Crippen molar-refractivity contribution in [2.75, 3.05) is 0 Å². The molecular weight excluding hydrogens is 271 g/mol. The molecule has 0 aliphatic rings. The van der Waals surface area contributed by atoms with Gasteiger partial charge in [0.1, 0.15) is 0 Å². The summed E-state index contributed by atoms with van der Waals surface area (Å²) in [5.74, 6) is -0.673. The van der Waals surface area contributed by atoms with Gasteiger partial charge in [-0.1, -0.05) is 6.42 Å². The summed E-state index contributed by atoms with van der Waals surface area (Å²) in [6, 6.07) is 0. The molecular formula is C16H29O3P. The number of carboxylic acids is 1. The van der Waals surface area contributed by atoms with E-state index in [1.165, 1.54) is 57.8 Å². The maximum atomic E-state index is 10.3. The zero-order chi connectivity index (χ0) is 14.9. The Kier molecular flexibility index (Phi) is 16.1. The number of rotatable bonds is 14. The first-order valence-corrected chi connectivity index (χ1v) is 8.85. The molecule has 0 heterocycles. The fraction of sp³-hybridized carbons (Fsp3) is 0.875. The Bertz CT molecular complexity index is 322. The molecule has 0 aromatic heterocycles. The van der Waals surface area contributed by atoms with Crippen LogP contribution in [0.2, 0.25) is 0 Å². The average Bonchev–Trinajstić information content (AvgIpc) is 2.43. The summed E-state index contributed by atoms with van der Waals surface area (Å²) in [4.78, 5) is 10.3. The predicted octanol–water partition coefficient (Wildman–Crippen LogP) is 5.78. The second kappa shape index (κ2) is 16.5. The summed E-state index contributed by atoms with van der Waals surface area (Å²) in [5.41, 5.74) is 2.78. The van der Waals surface area contributed by atoms with Crippen LogP contribution in [0.15, 0.2) is 0 Å². The molecule has 0 atom stereocenters. The van der Waals surface area contributed by atoms with Crippen LogP contribution in [0.4, 0.5) is 0 Å². The van der Waals surface area contributed by atoms with Crippen molar-refractivity contribution in [3.63, 3.8) is 0 Å². The van der Waals surface area contributed by atoms with Gasteiger partial charge in [-0.15, -0.1) is 0 Å². The zero-order valence-corrected chi connectivity index (χ0v) is 13.5. The predicted molar refractivity (Wildman–Crippen MR) is 83.8 cm³/mol. The van der Waals surface area contributed by atoms with Crippen LogP contribution in [0.1, 0.15) is 89.9 Å². The molecule has 0 bridgehead atoms. The molecule has 0 amide bonds. The Balaban J connectivity index is 3.00. The summed E-state index contributed by atoms with van der Waals surface area (Å²) < 4.78 is 10.1. The Labute approximate surface area is 124 Å². The summed E-state index contributed by atoms with van der Waals surface area (Å²) in [6.45, 7) is 0. The van der Waals surface area contributed by atoms with Crippen molar-refractivity contribution in [3.8, 4) is 5.63 Å². The van der Waals surface area contributed by atoms with Crippen molar-refractivity contribution in [2.45, 2.75) is 89.9 Å². The Morgan fingerprint density at radius 3 is 1.55 bits per heavy atom. The average molecular weight is 300 g/mol. The van der Waals surface area contributed by atoms with Gasteiger partial charge in [-0.3, -0.25) is 4.79 Å². The molecule has 1 N–H and O–H groups in total. The van der Waals surface area contributed by atoms with Crippen LogP contribution in [0.5, 0.6) is 0 Å². The van der Waals surface area contributed by atoms with E-state index in [4.69, 9.17) is 5.11 Å². The Morgan fingerprint density at radius 1 is 0.750 bits per heavy atom. The number of hydrogen-bond donors (Lipinski definition) is 1. The number of carbonyl (C=O) groups is 1. The first-order chi connectivity index (χ1) is 9.77. The molecule has 0 aromatic carbocycles. The summed E-state index contributed by atoms with van der Waals surface area (Å²) in [7, 11) is 0.0484. The van der Waals surface area contributed by atoms with Crippen molar-refractivity contribution in [2.24, 2.45) is 0 Å². The zero-order valence-electron chi connectivity index (χ0n) is 12.6. The van der Waals surface area contributed by atoms with E-state index < -0.39 is 5.97 Å². The second-order valence-electron chi connectivity index (χ2n) is 5.39. The van der Waals surface area contributed by atoms with Gasteiger partial charge in [-0.25, -0.2) is 0 Å². The van der Waals surface area contributed by atoms with Gasteiger partial charge in [0.15, 0.2) is 0 Å². The van der Waals surface area contributed by atoms with Gasteiger partial charge in [-0.05, 0) is 6.42 Å². The fourth-order valence-electron chi connectivity index (χ4n) is 2.29. The van der Waals surface area contributed by atoms with E-state index in [0.29, 0.717) is 6.42 Å². The van der Waals surface area contributed by atoms with Gasteiger partial charge in [0.05, 0.1) is 0 Å². The summed E-state index contributed by atoms with van der Waals surface area (Å²) >= 11 is 0. The van der Waals surface area contributed by atoms with Gasteiger partial charge < -0.3 is 5.11 Å². The number of carboxylic acid groups (broad SMARTS) is 1. The van der Waals surface area contributed by atoms with E-state index in [-0.39, 0.29) is 7.92 Å². The van der Waals surface area contributed by atoms with E-state index in [9.17, 15) is 9.36 Å². The second-order valence-corrected chi connectivity index (χ2v) is 5.88. The molecule has 0 aromatic rings. The monoisotopic (exact) mass is 300 g/mol. The van der Waals surface area contributed by atoms with Gasteiger partial charge in [-0.2, -0.15) is 0 Å². The van der Waals surface area contributed by atoms with Crippen LogP contribution in [-0.4, -0.2) is 11.1 Å². The quantitative estimate of drug-likeness (QED) is 0.326. The fourth-order valence-corrected chi connectivity index (χ4v) is 2.54. The van der Waals surface area contributed by atoms with Crippen LogP contribution in [-0.2, 0) is 9.36 Å². The molecule has 20 heavy (non-hydrogen) atoms. The molecule has 0 rings (SSSR count). The summed E-state index contributed by atoms with van der Waals surface area (Å²) in [6.07, 6.45) is 15.7. The molecule has 116 valence electrons. The van der Waals surface area contributed by atoms with E-state index in [2.05, 4.69) is 5.63 Å². The van der Waals surface area contributed by atoms with Crippen molar-refractivity contribution < 1.29 is 14.5 Å². The van der Waals surface area contributed by atoms with Crippen LogP contribution in [0.3, 0.4) is 0 Å². The molecule has 0 radical (unpaired) electrons. The number of unbranched alkanes of at least 4 members (excludes halogenated alkanes) is 12. The molecule has 0 aliphatic carbocycles. The third-order valence-corrected chi connectivity index (χ3v) is 3.85. The topological polar surface area (TPSA) is 54.4 Å². The first-order valence-electron chi connectivity index (χ1n) is 8.04.